The monoisotopic (exact) mass is 115 g/mol. The van der Waals surface area contributed by atoms with Crippen molar-refractivity contribution in [3.05, 3.63) is 18.7 Å². The van der Waals surface area contributed by atoms with Crippen molar-refractivity contribution >= 4 is 0 Å². The predicted molar refractivity (Wildman–Crippen MR) is 26.7 cm³/mol. The average Bonchev–Trinajstić information content (AvgIpc) is 2.14. The summed E-state index contributed by atoms with van der Waals surface area (Å²) in [6, 6.07) is 0. The molecule has 0 saturated heterocycles. The molecule has 0 spiro atoms. The maximum absolute atomic E-state index is 11.7. The van der Waals surface area contributed by atoms with E-state index in [1.54, 1.807) is 23.3 Å². The largest absolute Gasteiger partial charge is 0.245 e. The van der Waals surface area contributed by atoms with Gasteiger partial charge in [0.1, 0.15) is 12.4 Å². The molecular weight excluding hydrogens is 107 g/mol. The fourth-order valence-electron chi connectivity index (χ4n) is 0.572. The van der Waals surface area contributed by atoms with Crippen molar-refractivity contribution in [3.8, 4) is 0 Å². The molecule has 0 fully saturated rings. The molecule has 3 heteroatoms. The summed E-state index contributed by atoms with van der Waals surface area (Å²) in [7, 11) is 1.85. The molecule has 0 aromatic carbocycles. The van der Waals surface area contributed by atoms with Crippen LogP contribution in [0.2, 0.25) is 0 Å². The molecule has 0 aliphatic carbocycles. The summed E-state index contributed by atoms with van der Waals surface area (Å²) < 4.78 is 14.9. The number of rotatable bonds is 1. The molecule has 0 amide bonds. The van der Waals surface area contributed by atoms with E-state index < -0.39 is 6.80 Å². The van der Waals surface area contributed by atoms with Gasteiger partial charge in [-0.25, -0.2) is 13.5 Å². The fourth-order valence-corrected chi connectivity index (χ4v) is 0.572. The molecule has 0 radical (unpaired) electrons. The van der Waals surface area contributed by atoms with Gasteiger partial charge in [-0.2, -0.15) is 0 Å². The zero-order valence-corrected chi connectivity index (χ0v) is 4.71. The first-order chi connectivity index (χ1) is 3.83. The molecule has 2 nitrogen and oxygen atoms in total. The molecule has 0 bridgehead atoms. The molecular formula is C5H8FN2+. The van der Waals surface area contributed by atoms with Gasteiger partial charge in [0.25, 0.3) is 0 Å². The van der Waals surface area contributed by atoms with E-state index in [1.807, 2.05) is 7.05 Å². The van der Waals surface area contributed by atoms with Gasteiger partial charge in [0.15, 0.2) is 0 Å². The van der Waals surface area contributed by atoms with E-state index in [-0.39, 0.29) is 0 Å². The lowest BCUT2D eigenvalue weighted by molar-refractivity contribution is -0.671. The van der Waals surface area contributed by atoms with Crippen molar-refractivity contribution < 1.29 is 8.96 Å². The number of aryl methyl sites for hydroxylation is 1. The highest BCUT2D eigenvalue weighted by Crippen LogP contribution is 1.81. The Labute approximate surface area is 47.2 Å². The molecule has 8 heavy (non-hydrogen) atoms. The third-order valence-electron chi connectivity index (χ3n) is 0.962. The number of alkyl halides is 1. The molecule has 1 aromatic heterocycles. The van der Waals surface area contributed by atoms with Crippen LogP contribution in [0.3, 0.4) is 0 Å². The number of halogens is 1. The van der Waals surface area contributed by atoms with Crippen LogP contribution >= 0.6 is 0 Å². The highest BCUT2D eigenvalue weighted by atomic mass is 19.1. The van der Waals surface area contributed by atoms with E-state index in [9.17, 15) is 4.39 Å². The SMILES string of the molecule is C[n+]1ccn(CF)c1. The number of imidazole rings is 1. The standard InChI is InChI=1S/C5H8FN2/c1-7-2-3-8(4-6)5-7/h2-3,5H,4H2,1H3/q+1. The second-order valence-corrected chi connectivity index (χ2v) is 1.71. The van der Waals surface area contributed by atoms with Gasteiger partial charge in [0.05, 0.1) is 7.05 Å². The van der Waals surface area contributed by atoms with Gasteiger partial charge in [-0.3, -0.25) is 0 Å². The second-order valence-electron chi connectivity index (χ2n) is 1.71. The van der Waals surface area contributed by atoms with Crippen LogP contribution in [-0.4, -0.2) is 4.57 Å². The molecule has 0 N–H and O–H groups in total. The third-order valence-corrected chi connectivity index (χ3v) is 0.962. The van der Waals surface area contributed by atoms with Gasteiger partial charge in [-0.1, -0.05) is 0 Å². The minimum Gasteiger partial charge on any atom is -0.239 e. The Balaban J connectivity index is 2.84. The molecule has 44 valence electrons. The van der Waals surface area contributed by atoms with Gasteiger partial charge in [-0.15, -0.1) is 0 Å². The van der Waals surface area contributed by atoms with E-state index in [1.165, 1.54) is 4.57 Å². The van der Waals surface area contributed by atoms with Crippen LogP contribution in [0.25, 0.3) is 0 Å². The van der Waals surface area contributed by atoms with Crippen LogP contribution in [0, 0.1) is 0 Å². The highest BCUT2D eigenvalue weighted by Gasteiger charge is 1.94. The minimum absolute atomic E-state index is 0.444. The Morgan fingerprint density at radius 3 is 2.75 bits per heavy atom. The molecule has 0 unspecified atom stereocenters. The van der Waals surface area contributed by atoms with Crippen LogP contribution in [0.15, 0.2) is 18.7 Å². The summed E-state index contributed by atoms with van der Waals surface area (Å²) in [5.74, 6) is 0. The van der Waals surface area contributed by atoms with Crippen LogP contribution in [-0.2, 0) is 13.8 Å². The Morgan fingerprint density at radius 1 is 1.75 bits per heavy atom. The van der Waals surface area contributed by atoms with Gasteiger partial charge in [0.2, 0.25) is 13.1 Å². The highest BCUT2D eigenvalue weighted by molar-refractivity contribution is 4.62. The third kappa shape index (κ3) is 0.857. The van der Waals surface area contributed by atoms with E-state index in [2.05, 4.69) is 0 Å². The predicted octanol–water partition coefficient (Wildman–Crippen LogP) is 0.240. The number of hydrogen-bond donors (Lipinski definition) is 0. The van der Waals surface area contributed by atoms with Gasteiger partial charge < -0.3 is 0 Å². The number of aromatic nitrogens is 2. The van der Waals surface area contributed by atoms with Crippen LogP contribution in [0.1, 0.15) is 0 Å². The van der Waals surface area contributed by atoms with Gasteiger partial charge >= 0.3 is 0 Å². The van der Waals surface area contributed by atoms with Crippen molar-refractivity contribution in [3.63, 3.8) is 0 Å². The van der Waals surface area contributed by atoms with E-state index in [0.717, 1.165) is 0 Å². The Morgan fingerprint density at radius 2 is 2.50 bits per heavy atom. The average molecular weight is 115 g/mol. The number of hydrogen-bond acceptors (Lipinski definition) is 0. The second kappa shape index (κ2) is 1.94. The Bertz CT molecular complexity index is 171. The zero-order valence-electron chi connectivity index (χ0n) is 4.71. The summed E-state index contributed by atoms with van der Waals surface area (Å²) in [6.07, 6.45) is 5.15. The fraction of sp³-hybridized carbons (Fsp3) is 0.400. The van der Waals surface area contributed by atoms with Crippen molar-refractivity contribution in [2.24, 2.45) is 7.05 Å². The van der Waals surface area contributed by atoms with Crippen molar-refractivity contribution in [1.29, 1.82) is 0 Å². The molecule has 1 heterocycles. The zero-order chi connectivity index (χ0) is 5.98. The summed E-state index contributed by atoms with van der Waals surface area (Å²) in [5, 5.41) is 0. The summed E-state index contributed by atoms with van der Waals surface area (Å²) in [4.78, 5) is 0. The van der Waals surface area contributed by atoms with E-state index in [0.29, 0.717) is 0 Å². The first kappa shape index (κ1) is 5.28. The lowest BCUT2D eigenvalue weighted by Gasteiger charge is -1.78. The summed E-state index contributed by atoms with van der Waals surface area (Å²) in [6.45, 7) is -0.444. The number of nitrogens with zero attached hydrogens (tertiary/aromatic N) is 2. The smallest absolute Gasteiger partial charge is 0.239 e. The van der Waals surface area contributed by atoms with Crippen molar-refractivity contribution in [2.45, 2.75) is 6.80 Å². The van der Waals surface area contributed by atoms with Gasteiger partial charge in [0, 0.05) is 0 Å². The first-order valence-corrected chi connectivity index (χ1v) is 2.40. The van der Waals surface area contributed by atoms with Gasteiger partial charge in [-0.05, 0) is 0 Å². The van der Waals surface area contributed by atoms with Crippen LogP contribution in [0.5, 0.6) is 0 Å². The van der Waals surface area contributed by atoms with E-state index in [4.69, 9.17) is 0 Å². The molecule has 0 atom stereocenters. The molecule has 0 aliphatic heterocycles. The normalized spacial score (nSPS) is 9.75. The maximum atomic E-state index is 11.7. The molecule has 0 aliphatic rings. The Hall–Kier alpha value is -0.860. The molecule has 0 saturated carbocycles. The summed E-state index contributed by atoms with van der Waals surface area (Å²) >= 11 is 0. The lowest BCUT2D eigenvalue weighted by atomic mass is 10.9. The first-order valence-electron chi connectivity index (χ1n) is 2.40. The topological polar surface area (TPSA) is 8.81 Å². The molecule has 1 aromatic rings. The van der Waals surface area contributed by atoms with Crippen molar-refractivity contribution in [1.82, 2.24) is 4.57 Å². The van der Waals surface area contributed by atoms with Crippen molar-refractivity contribution in [2.75, 3.05) is 0 Å². The molecule has 1 rings (SSSR count). The quantitative estimate of drug-likeness (QED) is 0.463. The minimum atomic E-state index is -0.444. The van der Waals surface area contributed by atoms with Crippen LogP contribution in [0.4, 0.5) is 4.39 Å². The summed E-state index contributed by atoms with van der Waals surface area (Å²) in [5.41, 5.74) is 0. The van der Waals surface area contributed by atoms with Crippen LogP contribution < -0.4 is 4.57 Å². The Kier molecular flexibility index (Phi) is 1.28. The lowest BCUT2D eigenvalue weighted by Crippen LogP contribution is -2.23. The maximum Gasteiger partial charge on any atom is 0.245 e. The van der Waals surface area contributed by atoms with E-state index >= 15 is 0 Å².